The fourth-order valence-corrected chi connectivity index (χ4v) is 1.85. The molecule has 0 unspecified atom stereocenters. The van der Waals surface area contributed by atoms with Crippen molar-refractivity contribution in [1.29, 1.82) is 0 Å². The third-order valence-electron chi connectivity index (χ3n) is 2.68. The number of nitrogens with zero attached hydrogens (tertiary/aromatic N) is 2. The first-order valence-electron chi connectivity index (χ1n) is 5.44. The molecule has 0 radical (unpaired) electrons. The van der Waals surface area contributed by atoms with Gasteiger partial charge >= 0.3 is 0 Å². The molecular weight excluding hydrogens is 230 g/mol. The Hall–Kier alpha value is -2.56. The minimum Gasteiger partial charge on any atom is -0.480 e. The lowest BCUT2D eigenvalue weighted by Gasteiger charge is -2.06. The van der Waals surface area contributed by atoms with Gasteiger partial charge in [0.25, 0.3) is 0 Å². The number of methoxy groups -OCH3 is 1. The van der Waals surface area contributed by atoms with Crippen LogP contribution in [0.2, 0.25) is 0 Å². The molecule has 0 aliphatic rings. The average Bonchev–Trinajstić information content (AvgIpc) is 2.83. The highest BCUT2D eigenvalue weighted by atomic mass is 16.5. The van der Waals surface area contributed by atoms with E-state index in [1.807, 2.05) is 30.3 Å². The Kier molecular flexibility index (Phi) is 2.37. The monoisotopic (exact) mass is 241 g/mol. The van der Waals surface area contributed by atoms with Crippen molar-refractivity contribution in [3.63, 3.8) is 0 Å². The number of nitrogen functional groups attached to an aromatic ring is 1. The number of benzene rings is 1. The maximum Gasteiger partial charge on any atom is 0.224 e. The molecule has 5 nitrogen and oxygen atoms in total. The lowest BCUT2D eigenvalue weighted by Crippen LogP contribution is -1.92. The average molecular weight is 241 g/mol. The zero-order valence-electron chi connectivity index (χ0n) is 9.75. The van der Waals surface area contributed by atoms with Gasteiger partial charge in [0.2, 0.25) is 5.88 Å². The molecule has 2 heterocycles. The molecule has 2 aromatic heterocycles. The molecule has 0 aliphatic heterocycles. The number of pyridine rings is 1. The number of nitrogens with two attached hydrogens (primary N) is 1. The number of anilines is 1. The molecule has 1 aromatic carbocycles. The van der Waals surface area contributed by atoms with E-state index in [1.54, 1.807) is 13.2 Å². The van der Waals surface area contributed by atoms with Crippen molar-refractivity contribution in [2.75, 3.05) is 12.8 Å². The SMILES string of the molecule is COc1nc2ccccc2cc1-c1cc(N)no1. The quantitative estimate of drug-likeness (QED) is 0.746. The molecule has 0 saturated carbocycles. The molecule has 0 fully saturated rings. The Morgan fingerprint density at radius 3 is 2.78 bits per heavy atom. The van der Waals surface area contributed by atoms with Gasteiger partial charge in [0.1, 0.15) is 0 Å². The summed E-state index contributed by atoms with van der Waals surface area (Å²) in [6.07, 6.45) is 0. The van der Waals surface area contributed by atoms with Crippen LogP contribution in [0.25, 0.3) is 22.2 Å². The Morgan fingerprint density at radius 1 is 1.22 bits per heavy atom. The molecule has 3 aromatic rings. The van der Waals surface area contributed by atoms with Crippen LogP contribution in [-0.2, 0) is 0 Å². The first kappa shape index (κ1) is 10.6. The van der Waals surface area contributed by atoms with E-state index in [0.717, 1.165) is 16.5 Å². The topological polar surface area (TPSA) is 74.2 Å². The molecule has 0 aliphatic carbocycles. The van der Waals surface area contributed by atoms with Crippen LogP contribution in [0.4, 0.5) is 5.82 Å². The predicted molar refractivity (Wildman–Crippen MR) is 68.2 cm³/mol. The summed E-state index contributed by atoms with van der Waals surface area (Å²) >= 11 is 0. The number of para-hydroxylation sites is 1. The first-order valence-corrected chi connectivity index (χ1v) is 5.44. The molecule has 0 bridgehead atoms. The van der Waals surface area contributed by atoms with Crippen molar-refractivity contribution < 1.29 is 9.26 Å². The maximum absolute atomic E-state index is 5.55. The van der Waals surface area contributed by atoms with Crippen LogP contribution < -0.4 is 10.5 Å². The number of fused-ring (bicyclic) bond motifs is 1. The number of hydrogen-bond donors (Lipinski definition) is 1. The van der Waals surface area contributed by atoms with Gasteiger partial charge in [0.05, 0.1) is 18.2 Å². The number of hydrogen-bond acceptors (Lipinski definition) is 5. The molecule has 0 atom stereocenters. The summed E-state index contributed by atoms with van der Waals surface area (Å²) in [4.78, 5) is 4.43. The lowest BCUT2D eigenvalue weighted by atomic mass is 10.1. The second-order valence-electron chi connectivity index (χ2n) is 3.85. The second kappa shape index (κ2) is 4.03. The molecule has 3 rings (SSSR count). The third-order valence-corrected chi connectivity index (χ3v) is 2.68. The van der Waals surface area contributed by atoms with E-state index in [2.05, 4.69) is 10.1 Å². The lowest BCUT2D eigenvalue weighted by molar-refractivity contribution is 0.394. The minimum atomic E-state index is 0.334. The van der Waals surface area contributed by atoms with Crippen molar-refractivity contribution in [3.05, 3.63) is 36.4 Å². The zero-order chi connectivity index (χ0) is 12.5. The highest BCUT2D eigenvalue weighted by Gasteiger charge is 2.13. The van der Waals surface area contributed by atoms with Crippen molar-refractivity contribution >= 4 is 16.7 Å². The standard InChI is InChI=1S/C13H11N3O2/c1-17-13-9(11-7-12(14)16-18-11)6-8-4-2-3-5-10(8)15-13/h2-7H,1H3,(H2,14,16). The summed E-state index contributed by atoms with van der Waals surface area (Å²) in [6.45, 7) is 0. The summed E-state index contributed by atoms with van der Waals surface area (Å²) in [5, 5.41) is 4.67. The molecule has 0 amide bonds. The number of ether oxygens (including phenoxy) is 1. The fraction of sp³-hybridized carbons (Fsp3) is 0.0769. The fourth-order valence-electron chi connectivity index (χ4n) is 1.85. The summed E-state index contributed by atoms with van der Waals surface area (Å²) < 4.78 is 10.4. The Bertz CT molecular complexity index is 706. The predicted octanol–water partition coefficient (Wildman–Crippen LogP) is 2.48. The van der Waals surface area contributed by atoms with Crippen LogP contribution in [0.5, 0.6) is 5.88 Å². The van der Waals surface area contributed by atoms with Crippen molar-refractivity contribution in [2.24, 2.45) is 0 Å². The van der Waals surface area contributed by atoms with Gasteiger partial charge in [-0.05, 0) is 12.1 Å². The van der Waals surface area contributed by atoms with Crippen LogP contribution in [0.3, 0.4) is 0 Å². The smallest absolute Gasteiger partial charge is 0.224 e. The molecular formula is C13H11N3O2. The summed E-state index contributed by atoms with van der Waals surface area (Å²) in [5.41, 5.74) is 7.16. The Balaban J connectivity index is 2.26. The van der Waals surface area contributed by atoms with Gasteiger partial charge in [-0.2, -0.15) is 0 Å². The molecule has 18 heavy (non-hydrogen) atoms. The van der Waals surface area contributed by atoms with Crippen LogP contribution >= 0.6 is 0 Å². The number of rotatable bonds is 2. The molecule has 0 spiro atoms. The summed E-state index contributed by atoms with van der Waals surface area (Å²) in [5.74, 6) is 1.37. The normalized spacial score (nSPS) is 10.7. The molecule has 5 heteroatoms. The largest absolute Gasteiger partial charge is 0.480 e. The highest BCUT2D eigenvalue weighted by Crippen LogP contribution is 2.32. The van der Waals surface area contributed by atoms with E-state index in [1.165, 1.54) is 0 Å². The van der Waals surface area contributed by atoms with Gasteiger partial charge < -0.3 is 15.0 Å². The van der Waals surface area contributed by atoms with Gasteiger partial charge in [0, 0.05) is 11.5 Å². The van der Waals surface area contributed by atoms with E-state index < -0.39 is 0 Å². The zero-order valence-corrected chi connectivity index (χ0v) is 9.75. The van der Waals surface area contributed by atoms with Gasteiger partial charge in [-0.25, -0.2) is 4.98 Å². The van der Waals surface area contributed by atoms with E-state index >= 15 is 0 Å². The van der Waals surface area contributed by atoms with E-state index in [4.69, 9.17) is 15.0 Å². The molecule has 2 N–H and O–H groups in total. The van der Waals surface area contributed by atoms with Crippen molar-refractivity contribution in [2.45, 2.75) is 0 Å². The minimum absolute atomic E-state index is 0.334. The van der Waals surface area contributed by atoms with Crippen molar-refractivity contribution in [3.8, 4) is 17.2 Å². The first-order chi connectivity index (χ1) is 8.78. The van der Waals surface area contributed by atoms with Crippen LogP contribution in [0.1, 0.15) is 0 Å². The Labute approximate surface area is 103 Å². The second-order valence-corrected chi connectivity index (χ2v) is 3.85. The molecule has 0 saturated heterocycles. The van der Waals surface area contributed by atoms with Gasteiger partial charge in [0.15, 0.2) is 11.6 Å². The van der Waals surface area contributed by atoms with Crippen molar-refractivity contribution in [1.82, 2.24) is 10.1 Å². The Morgan fingerprint density at radius 2 is 2.06 bits per heavy atom. The van der Waals surface area contributed by atoms with E-state index in [-0.39, 0.29) is 0 Å². The summed E-state index contributed by atoms with van der Waals surface area (Å²) in [7, 11) is 1.57. The van der Waals surface area contributed by atoms with E-state index in [9.17, 15) is 0 Å². The number of aromatic nitrogens is 2. The molecule has 90 valence electrons. The van der Waals surface area contributed by atoms with Crippen LogP contribution in [-0.4, -0.2) is 17.3 Å². The van der Waals surface area contributed by atoms with Gasteiger partial charge in [-0.1, -0.05) is 23.4 Å². The highest BCUT2D eigenvalue weighted by molar-refractivity contribution is 5.85. The van der Waals surface area contributed by atoms with Gasteiger partial charge in [-0.3, -0.25) is 0 Å². The third kappa shape index (κ3) is 1.66. The maximum atomic E-state index is 5.55. The van der Waals surface area contributed by atoms with Crippen LogP contribution in [0, 0.1) is 0 Å². The summed E-state index contributed by atoms with van der Waals surface area (Å²) in [6, 6.07) is 11.4. The van der Waals surface area contributed by atoms with Crippen LogP contribution in [0.15, 0.2) is 40.9 Å². The van der Waals surface area contributed by atoms with Gasteiger partial charge in [-0.15, -0.1) is 0 Å². The van der Waals surface area contributed by atoms with E-state index in [0.29, 0.717) is 17.5 Å².